The summed E-state index contributed by atoms with van der Waals surface area (Å²) in [6.07, 6.45) is 10.1. The third-order valence-corrected chi connectivity index (χ3v) is 3.12. The van der Waals surface area contributed by atoms with Crippen molar-refractivity contribution in [1.29, 1.82) is 0 Å². The van der Waals surface area contributed by atoms with Crippen molar-refractivity contribution in [2.24, 2.45) is 0 Å². The average Bonchev–Trinajstić information content (AvgIpc) is 3.28. The maximum Gasteiger partial charge on any atom is 2.00 e. The Balaban J connectivity index is 0.000000486. The van der Waals surface area contributed by atoms with E-state index in [1.165, 1.54) is 18.2 Å². The largest absolute Gasteiger partial charge is 2.00 e. The number of benzene rings is 1. The van der Waals surface area contributed by atoms with Gasteiger partial charge in [0.25, 0.3) is 0 Å². The van der Waals surface area contributed by atoms with Crippen LogP contribution in [0.2, 0.25) is 0 Å². The molecule has 0 fully saturated rings. The molecule has 3 rings (SSSR count). The molecule has 0 bridgehead atoms. The van der Waals surface area contributed by atoms with Crippen LogP contribution in [0.5, 0.6) is 11.5 Å². The average molecular weight is 396 g/mol. The number of allylic oxidation sites excluding steroid dienone is 7. The molecule has 0 aromatic heterocycles. The van der Waals surface area contributed by atoms with Gasteiger partial charge in [0.2, 0.25) is 0 Å². The van der Waals surface area contributed by atoms with Crippen molar-refractivity contribution in [1.82, 2.24) is 0 Å². The van der Waals surface area contributed by atoms with Crippen LogP contribution in [0.25, 0.3) is 5.76 Å². The summed E-state index contributed by atoms with van der Waals surface area (Å²) in [5, 5.41) is 21.2. The molecule has 0 unspecified atom stereocenters. The standard InChI is InChI=1S/C14H11BF2O3.C5H5.Fe/c16-15(17)20-14-9-11(18)6-7-12(14)13(19)8-5-10-3-1-2-4-10;1-2-4-5-3-1;/h1-9,18-19H;1-5H;/q;-1;+2/p-1. The molecule has 0 aliphatic heterocycles. The van der Waals surface area contributed by atoms with E-state index in [1.807, 2.05) is 42.5 Å². The number of aromatic hydroxyl groups is 1. The number of hydrogen-bond donors (Lipinski definition) is 1. The molecule has 1 aliphatic rings. The molecule has 26 heavy (non-hydrogen) atoms. The van der Waals surface area contributed by atoms with Crippen LogP contribution in [0, 0.1) is 0 Å². The molecule has 0 heterocycles. The first-order valence-electron chi connectivity index (χ1n) is 7.45. The van der Waals surface area contributed by atoms with E-state index >= 15 is 0 Å². The van der Waals surface area contributed by atoms with E-state index in [0.717, 1.165) is 11.6 Å². The molecule has 7 heteroatoms. The van der Waals surface area contributed by atoms with Gasteiger partial charge in [-0.05, 0) is 17.7 Å². The summed E-state index contributed by atoms with van der Waals surface area (Å²) in [6.45, 7) is 0. The Morgan fingerprint density at radius 3 is 2.35 bits per heavy atom. The molecule has 0 atom stereocenters. The second kappa shape index (κ2) is 11.1. The van der Waals surface area contributed by atoms with Gasteiger partial charge in [-0.15, -0.1) is 0 Å². The minimum Gasteiger partial charge on any atom is -0.872 e. The molecule has 0 spiro atoms. The summed E-state index contributed by atoms with van der Waals surface area (Å²) < 4.78 is 28.8. The van der Waals surface area contributed by atoms with Gasteiger partial charge in [-0.2, -0.15) is 18.2 Å². The van der Waals surface area contributed by atoms with Crippen molar-refractivity contribution in [3.05, 3.63) is 96.1 Å². The zero-order chi connectivity index (χ0) is 18.1. The SMILES string of the molecule is [Fe+2].[O-]C(=CC=C1C=CC=C1)c1ccc(O)cc1OB(F)F.c1cc[cH-]c1. The zero-order valence-electron chi connectivity index (χ0n) is 13.5. The molecule has 2 aromatic rings. The van der Waals surface area contributed by atoms with Gasteiger partial charge in [-0.3, -0.25) is 0 Å². The fourth-order valence-corrected chi connectivity index (χ4v) is 1.99. The van der Waals surface area contributed by atoms with Crippen LogP contribution in [0.4, 0.5) is 8.63 Å². The Hall–Kier alpha value is -2.63. The first-order chi connectivity index (χ1) is 12.1. The Bertz CT molecular complexity index is 766. The Morgan fingerprint density at radius 1 is 1.15 bits per heavy atom. The van der Waals surface area contributed by atoms with Gasteiger partial charge >= 0.3 is 24.5 Å². The van der Waals surface area contributed by atoms with Crippen molar-refractivity contribution in [3.63, 3.8) is 0 Å². The van der Waals surface area contributed by atoms with Crippen LogP contribution in [0.1, 0.15) is 5.56 Å². The van der Waals surface area contributed by atoms with E-state index in [2.05, 4.69) is 4.65 Å². The molecule has 134 valence electrons. The molecule has 1 aliphatic carbocycles. The smallest absolute Gasteiger partial charge is 0.872 e. The third-order valence-electron chi connectivity index (χ3n) is 3.12. The second-order valence-electron chi connectivity index (χ2n) is 4.94. The van der Waals surface area contributed by atoms with Gasteiger partial charge in [-0.1, -0.05) is 42.2 Å². The van der Waals surface area contributed by atoms with Crippen LogP contribution in [-0.4, -0.2) is 12.6 Å². The molecule has 1 N–H and O–H groups in total. The molecule has 2 aromatic carbocycles. The summed E-state index contributed by atoms with van der Waals surface area (Å²) in [5.41, 5.74) is 0.791. The fourth-order valence-electron chi connectivity index (χ4n) is 1.99. The van der Waals surface area contributed by atoms with E-state index in [1.54, 1.807) is 18.2 Å². The fraction of sp³-hybridized carbons (Fsp3) is 0. The van der Waals surface area contributed by atoms with E-state index in [4.69, 9.17) is 0 Å². The number of phenolic OH excluding ortho intramolecular Hbond substituents is 1. The summed E-state index contributed by atoms with van der Waals surface area (Å²) in [4.78, 5) is 0. The van der Waals surface area contributed by atoms with Gasteiger partial charge in [0.15, 0.2) is 0 Å². The van der Waals surface area contributed by atoms with Crippen LogP contribution < -0.4 is 9.76 Å². The predicted octanol–water partition coefficient (Wildman–Crippen LogP) is 3.85. The first kappa shape index (κ1) is 21.4. The molecule has 0 amide bonds. The summed E-state index contributed by atoms with van der Waals surface area (Å²) in [7, 11) is -3.07. The Kier molecular flexibility index (Phi) is 9.13. The van der Waals surface area contributed by atoms with Gasteiger partial charge in [-0.25, -0.2) is 20.8 Å². The monoisotopic (exact) mass is 396 g/mol. The normalized spacial score (nSPS) is 12.1. The number of rotatable bonds is 4. The van der Waals surface area contributed by atoms with Gasteiger partial charge in [0.05, 0.1) is 0 Å². The van der Waals surface area contributed by atoms with E-state index < -0.39 is 13.2 Å². The quantitative estimate of drug-likeness (QED) is 0.486. The summed E-state index contributed by atoms with van der Waals surface area (Å²) in [5.74, 6) is -1.09. The Morgan fingerprint density at radius 2 is 1.81 bits per heavy atom. The minimum atomic E-state index is -3.07. The van der Waals surface area contributed by atoms with E-state index in [9.17, 15) is 18.8 Å². The topological polar surface area (TPSA) is 52.5 Å². The van der Waals surface area contributed by atoms with Crippen LogP contribution in [0.15, 0.2) is 90.6 Å². The van der Waals surface area contributed by atoms with E-state index in [0.29, 0.717) is 0 Å². The van der Waals surface area contributed by atoms with Gasteiger partial charge < -0.3 is 14.9 Å². The molecule has 0 saturated carbocycles. The van der Waals surface area contributed by atoms with Gasteiger partial charge in [0, 0.05) is 11.6 Å². The third kappa shape index (κ3) is 7.09. The van der Waals surface area contributed by atoms with Crippen LogP contribution in [0.3, 0.4) is 0 Å². The van der Waals surface area contributed by atoms with Crippen molar-refractivity contribution in [3.8, 4) is 11.5 Å². The number of halogens is 2. The Labute approximate surface area is 161 Å². The molecular weight excluding hydrogens is 381 g/mol. The van der Waals surface area contributed by atoms with Crippen molar-refractivity contribution in [2.45, 2.75) is 0 Å². The van der Waals surface area contributed by atoms with Crippen molar-refractivity contribution < 1.29 is 40.6 Å². The van der Waals surface area contributed by atoms with Crippen molar-refractivity contribution >= 4 is 13.2 Å². The molecule has 0 saturated heterocycles. The minimum absolute atomic E-state index is 0. The van der Waals surface area contributed by atoms with Crippen LogP contribution in [-0.2, 0) is 17.1 Å². The van der Waals surface area contributed by atoms with E-state index in [-0.39, 0.29) is 34.1 Å². The number of phenols is 1. The maximum atomic E-state index is 12.3. The number of hydrogen-bond acceptors (Lipinski definition) is 3. The first-order valence-corrected chi connectivity index (χ1v) is 7.45. The molecular formula is C19H15BF2FeO3. The van der Waals surface area contributed by atoms with Gasteiger partial charge in [0.1, 0.15) is 11.5 Å². The predicted molar refractivity (Wildman–Crippen MR) is 93.1 cm³/mol. The molecule has 3 nitrogen and oxygen atoms in total. The zero-order valence-corrected chi connectivity index (χ0v) is 14.6. The van der Waals surface area contributed by atoms with Crippen LogP contribution >= 0.6 is 0 Å². The van der Waals surface area contributed by atoms with Crippen molar-refractivity contribution in [2.75, 3.05) is 0 Å². The molecule has 0 radical (unpaired) electrons. The maximum absolute atomic E-state index is 12.3. The second-order valence-corrected chi connectivity index (χ2v) is 4.94. The summed E-state index contributed by atoms with van der Waals surface area (Å²) in [6, 6.07) is 13.5. The summed E-state index contributed by atoms with van der Waals surface area (Å²) >= 11 is 0.